The molecule has 0 amide bonds. The molecule has 13 heavy (non-hydrogen) atoms. The van der Waals surface area contributed by atoms with Crippen molar-refractivity contribution in [1.29, 1.82) is 0 Å². The van der Waals surface area contributed by atoms with Gasteiger partial charge >= 0.3 is 0 Å². The molecule has 0 bridgehead atoms. The van der Waals surface area contributed by atoms with Crippen LogP contribution in [0.5, 0.6) is 0 Å². The van der Waals surface area contributed by atoms with Gasteiger partial charge in [-0.05, 0) is 42.9 Å². The predicted octanol–water partition coefficient (Wildman–Crippen LogP) is 2.79. The van der Waals surface area contributed by atoms with E-state index in [1.54, 1.807) is 0 Å². The van der Waals surface area contributed by atoms with Gasteiger partial charge in [-0.25, -0.2) is 0 Å². The maximum atomic E-state index is 11.8. The second kappa shape index (κ2) is 2.37. The van der Waals surface area contributed by atoms with Gasteiger partial charge < -0.3 is 0 Å². The molecular weight excluding hydrogens is 160 g/mol. The van der Waals surface area contributed by atoms with E-state index in [1.165, 1.54) is 32.1 Å². The predicted molar refractivity (Wildman–Crippen MR) is 51.3 cm³/mol. The average Bonchev–Trinajstić information content (AvgIpc) is 2.43. The van der Waals surface area contributed by atoms with Gasteiger partial charge in [-0.1, -0.05) is 13.3 Å². The summed E-state index contributed by atoms with van der Waals surface area (Å²) in [4.78, 5) is 11.8. The van der Waals surface area contributed by atoms with Crippen molar-refractivity contribution in [3.8, 4) is 0 Å². The van der Waals surface area contributed by atoms with Crippen LogP contribution in [-0.4, -0.2) is 5.78 Å². The highest BCUT2D eigenvalue weighted by molar-refractivity contribution is 5.84. The van der Waals surface area contributed by atoms with Crippen LogP contribution in [0.4, 0.5) is 0 Å². The molecule has 3 saturated carbocycles. The lowest BCUT2D eigenvalue weighted by Crippen LogP contribution is -2.58. The Morgan fingerprint density at radius 2 is 2.08 bits per heavy atom. The first kappa shape index (κ1) is 8.02. The van der Waals surface area contributed by atoms with Crippen molar-refractivity contribution in [2.75, 3.05) is 0 Å². The van der Waals surface area contributed by atoms with Crippen molar-refractivity contribution in [3.63, 3.8) is 0 Å². The summed E-state index contributed by atoms with van der Waals surface area (Å²) in [5, 5.41) is 0. The zero-order valence-electron chi connectivity index (χ0n) is 8.38. The molecule has 3 aliphatic carbocycles. The van der Waals surface area contributed by atoms with E-state index >= 15 is 0 Å². The first-order valence-electron chi connectivity index (χ1n) is 5.78. The van der Waals surface area contributed by atoms with Gasteiger partial charge in [0.05, 0.1) is 0 Å². The molecule has 0 aromatic heterocycles. The Bertz CT molecular complexity index is 258. The Kier molecular flexibility index (Phi) is 1.46. The topological polar surface area (TPSA) is 17.1 Å². The molecule has 1 spiro atoms. The molecule has 0 saturated heterocycles. The molecule has 0 N–H and O–H groups in total. The highest BCUT2D eigenvalue weighted by Gasteiger charge is 2.64. The van der Waals surface area contributed by atoms with Crippen LogP contribution < -0.4 is 0 Å². The van der Waals surface area contributed by atoms with Gasteiger partial charge in [0, 0.05) is 12.3 Å². The number of Topliss-reactive ketones (excluding diaryl/α,β-unsaturated/α-hetero) is 1. The summed E-state index contributed by atoms with van der Waals surface area (Å²) in [5.74, 6) is 2.71. The molecule has 1 heteroatoms. The summed E-state index contributed by atoms with van der Waals surface area (Å²) in [5.41, 5.74) is 0.523. The Balaban J connectivity index is 1.96. The molecule has 0 radical (unpaired) electrons. The van der Waals surface area contributed by atoms with Gasteiger partial charge in [-0.3, -0.25) is 4.79 Å². The monoisotopic (exact) mass is 178 g/mol. The fraction of sp³-hybridized carbons (Fsp3) is 0.917. The van der Waals surface area contributed by atoms with E-state index in [0.717, 1.165) is 18.3 Å². The largest absolute Gasteiger partial charge is 0.299 e. The molecule has 0 heterocycles. The Labute approximate surface area is 79.9 Å². The summed E-state index contributed by atoms with van der Waals surface area (Å²) in [7, 11) is 0. The van der Waals surface area contributed by atoms with Gasteiger partial charge in [-0.15, -0.1) is 0 Å². The summed E-state index contributed by atoms with van der Waals surface area (Å²) in [6.45, 7) is 2.31. The van der Waals surface area contributed by atoms with Crippen molar-refractivity contribution in [3.05, 3.63) is 0 Å². The number of rotatable bonds is 0. The molecule has 0 aliphatic heterocycles. The number of hydrogen-bond donors (Lipinski definition) is 0. The van der Waals surface area contributed by atoms with Crippen LogP contribution in [0.15, 0.2) is 0 Å². The lowest BCUT2D eigenvalue weighted by Gasteiger charge is -2.59. The second-order valence-electron chi connectivity index (χ2n) is 5.39. The Morgan fingerprint density at radius 3 is 2.92 bits per heavy atom. The van der Waals surface area contributed by atoms with Crippen molar-refractivity contribution in [2.24, 2.45) is 23.2 Å². The number of ketones is 1. The quantitative estimate of drug-likeness (QED) is 0.557. The maximum absolute atomic E-state index is 11.8. The van der Waals surface area contributed by atoms with Gasteiger partial charge in [-0.2, -0.15) is 0 Å². The van der Waals surface area contributed by atoms with Crippen molar-refractivity contribution in [1.82, 2.24) is 0 Å². The van der Waals surface area contributed by atoms with Crippen molar-refractivity contribution >= 4 is 5.78 Å². The minimum Gasteiger partial charge on any atom is -0.299 e. The SMILES string of the molecule is C[C@H]1[C@@H]2CCC[C@@]23CCCC(=O)[C@@H]13. The van der Waals surface area contributed by atoms with Crippen LogP contribution in [0.25, 0.3) is 0 Å². The Morgan fingerprint density at radius 1 is 1.31 bits per heavy atom. The number of carbonyl (C=O) groups is 1. The van der Waals surface area contributed by atoms with E-state index in [1.807, 2.05) is 0 Å². The van der Waals surface area contributed by atoms with Gasteiger partial charge in [0.2, 0.25) is 0 Å². The third-order valence-electron chi connectivity index (χ3n) is 5.09. The summed E-state index contributed by atoms with van der Waals surface area (Å²) in [6.07, 6.45) is 7.57. The van der Waals surface area contributed by atoms with Gasteiger partial charge in [0.1, 0.15) is 5.78 Å². The molecule has 0 unspecified atom stereocenters. The fourth-order valence-electron chi connectivity index (χ4n) is 4.76. The van der Waals surface area contributed by atoms with Crippen LogP contribution >= 0.6 is 0 Å². The molecule has 3 aliphatic rings. The molecule has 1 nitrogen and oxygen atoms in total. The molecule has 4 atom stereocenters. The van der Waals surface area contributed by atoms with Crippen molar-refractivity contribution < 1.29 is 4.79 Å². The Hall–Kier alpha value is -0.330. The molecule has 0 aromatic carbocycles. The smallest absolute Gasteiger partial charge is 0.136 e. The fourth-order valence-corrected chi connectivity index (χ4v) is 4.76. The maximum Gasteiger partial charge on any atom is 0.136 e. The minimum atomic E-state index is 0.480. The van der Waals surface area contributed by atoms with Crippen LogP contribution in [0.1, 0.15) is 45.4 Å². The first-order valence-corrected chi connectivity index (χ1v) is 5.78. The second-order valence-corrected chi connectivity index (χ2v) is 5.39. The highest BCUT2D eigenvalue weighted by atomic mass is 16.1. The molecular formula is C12H18O. The lowest BCUT2D eigenvalue weighted by molar-refractivity contribution is -0.160. The summed E-state index contributed by atoms with van der Waals surface area (Å²) in [6, 6.07) is 0. The molecule has 72 valence electrons. The van der Waals surface area contributed by atoms with Crippen LogP contribution in [0, 0.1) is 23.2 Å². The number of hydrogen-bond acceptors (Lipinski definition) is 1. The van der Waals surface area contributed by atoms with E-state index in [0.29, 0.717) is 17.1 Å². The third-order valence-corrected chi connectivity index (χ3v) is 5.09. The van der Waals surface area contributed by atoms with Gasteiger partial charge in [0.25, 0.3) is 0 Å². The lowest BCUT2D eigenvalue weighted by atomic mass is 9.44. The van der Waals surface area contributed by atoms with E-state index in [9.17, 15) is 4.79 Å². The van der Waals surface area contributed by atoms with E-state index in [-0.39, 0.29) is 0 Å². The van der Waals surface area contributed by atoms with Crippen LogP contribution in [-0.2, 0) is 4.79 Å². The zero-order chi connectivity index (χ0) is 9.05. The molecule has 3 rings (SSSR count). The van der Waals surface area contributed by atoms with Crippen LogP contribution in [0.3, 0.4) is 0 Å². The first-order chi connectivity index (χ1) is 6.26. The van der Waals surface area contributed by atoms with Gasteiger partial charge in [0.15, 0.2) is 0 Å². The average molecular weight is 178 g/mol. The highest BCUT2D eigenvalue weighted by Crippen LogP contribution is 2.68. The summed E-state index contributed by atoms with van der Waals surface area (Å²) < 4.78 is 0. The van der Waals surface area contributed by atoms with Crippen molar-refractivity contribution in [2.45, 2.75) is 45.4 Å². The molecule has 3 fully saturated rings. The normalized spacial score (nSPS) is 53.9. The molecule has 0 aromatic rings. The number of carbonyl (C=O) groups excluding carboxylic acids is 1. The third kappa shape index (κ3) is 0.769. The zero-order valence-corrected chi connectivity index (χ0v) is 8.38. The summed E-state index contributed by atoms with van der Waals surface area (Å²) >= 11 is 0. The van der Waals surface area contributed by atoms with E-state index in [2.05, 4.69) is 6.92 Å². The van der Waals surface area contributed by atoms with E-state index < -0.39 is 0 Å². The van der Waals surface area contributed by atoms with E-state index in [4.69, 9.17) is 0 Å². The minimum absolute atomic E-state index is 0.480. The van der Waals surface area contributed by atoms with Crippen LogP contribution in [0.2, 0.25) is 0 Å². The standard InChI is InChI=1S/C12H18O/c1-8-9-4-2-6-12(9)7-3-5-10(13)11(8)12/h8-9,11H,2-7H2,1H3/t8-,9-,11+,12+/m0/s1.